The molecule has 1 unspecified atom stereocenters. The molecule has 3 rings (SSSR count). The molecule has 1 fully saturated rings. The van der Waals surface area contributed by atoms with Crippen LogP contribution in [-0.4, -0.2) is 35.8 Å². The number of urea groups is 1. The molecule has 2 N–H and O–H groups in total. The number of nitrogens with zero attached hydrogens (tertiary/aromatic N) is 1. The summed E-state index contributed by atoms with van der Waals surface area (Å²) in [5, 5.41) is 5.19. The Morgan fingerprint density at radius 1 is 1.04 bits per heavy atom. The zero-order chi connectivity index (χ0) is 20.3. The van der Waals surface area contributed by atoms with Crippen molar-refractivity contribution >= 4 is 17.8 Å². The van der Waals surface area contributed by atoms with Gasteiger partial charge in [0.15, 0.2) is 0 Å². The van der Waals surface area contributed by atoms with Gasteiger partial charge in [-0.2, -0.15) is 0 Å². The number of hydrogen-bond acceptors (Lipinski definition) is 3. The number of rotatable bonds is 6. The molecule has 0 radical (unpaired) electrons. The Kier molecular flexibility index (Phi) is 5.39. The first-order valence-electron chi connectivity index (χ1n) is 8.71. The van der Waals surface area contributed by atoms with Crippen molar-refractivity contribution in [2.45, 2.75) is 18.9 Å². The fourth-order valence-electron chi connectivity index (χ4n) is 3.02. The molecule has 1 aliphatic heterocycles. The summed E-state index contributed by atoms with van der Waals surface area (Å²) < 4.78 is 26.0. The molecule has 4 amide bonds. The molecule has 6 nitrogen and oxygen atoms in total. The van der Waals surface area contributed by atoms with Crippen LogP contribution in [0, 0.1) is 11.6 Å². The van der Waals surface area contributed by atoms with Gasteiger partial charge < -0.3 is 10.6 Å². The van der Waals surface area contributed by atoms with E-state index >= 15 is 0 Å². The Hall–Kier alpha value is -3.29. The quantitative estimate of drug-likeness (QED) is 0.745. The van der Waals surface area contributed by atoms with E-state index in [4.69, 9.17) is 0 Å². The maximum atomic E-state index is 13.1. The van der Waals surface area contributed by atoms with Gasteiger partial charge in [0.25, 0.3) is 5.91 Å². The number of carbonyl (C=O) groups is 3. The molecule has 146 valence electrons. The minimum Gasteiger partial charge on any atom is -0.354 e. The monoisotopic (exact) mass is 387 g/mol. The number of amides is 4. The van der Waals surface area contributed by atoms with E-state index in [1.807, 2.05) is 0 Å². The molecule has 0 spiro atoms. The van der Waals surface area contributed by atoms with Crippen molar-refractivity contribution in [3.8, 4) is 0 Å². The summed E-state index contributed by atoms with van der Waals surface area (Å²) >= 11 is 0. The minimum atomic E-state index is -1.36. The fourth-order valence-corrected chi connectivity index (χ4v) is 3.02. The highest BCUT2D eigenvalue weighted by molar-refractivity contribution is 6.09. The molecule has 2 aromatic carbocycles. The van der Waals surface area contributed by atoms with Gasteiger partial charge in [-0.1, -0.05) is 24.3 Å². The third kappa shape index (κ3) is 4.00. The van der Waals surface area contributed by atoms with Crippen LogP contribution in [0.25, 0.3) is 0 Å². The molecule has 2 aromatic rings. The summed E-state index contributed by atoms with van der Waals surface area (Å²) in [5.41, 5.74) is -0.0915. The highest BCUT2D eigenvalue weighted by Crippen LogP contribution is 2.28. The summed E-state index contributed by atoms with van der Waals surface area (Å²) in [6, 6.07) is 10.4. The average Bonchev–Trinajstić information content (AvgIpc) is 2.88. The van der Waals surface area contributed by atoms with E-state index in [0.29, 0.717) is 12.0 Å². The Labute approximate surface area is 160 Å². The third-order valence-electron chi connectivity index (χ3n) is 4.65. The molecule has 0 aromatic heterocycles. The number of nitrogens with one attached hydrogen (secondary N) is 2. The van der Waals surface area contributed by atoms with E-state index in [2.05, 4.69) is 10.6 Å². The number of benzene rings is 2. The van der Waals surface area contributed by atoms with E-state index < -0.39 is 35.7 Å². The molecule has 8 heteroatoms. The van der Waals surface area contributed by atoms with Gasteiger partial charge in [-0.25, -0.2) is 13.6 Å². The third-order valence-corrected chi connectivity index (χ3v) is 4.65. The zero-order valence-electron chi connectivity index (χ0n) is 15.2. The maximum absolute atomic E-state index is 13.1. The Morgan fingerprint density at radius 2 is 1.61 bits per heavy atom. The van der Waals surface area contributed by atoms with E-state index in [1.54, 1.807) is 12.1 Å². The van der Waals surface area contributed by atoms with Gasteiger partial charge in [-0.05, 0) is 48.7 Å². The van der Waals surface area contributed by atoms with Crippen LogP contribution < -0.4 is 10.6 Å². The lowest BCUT2D eigenvalue weighted by Crippen LogP contribution is -2.43. The van der Waals surface area contributed by atoms with Gasteiger partial charge in [0.2, 0.25) is 5.91 Å². The molecular formula is C20H19F2N3O3. The van der Waals surface area contributed by atoms with E-state index in [1.165, 1.54) is 43.3 Å². The topological polar surface area (TPSA) is 78.5 Å². The summed E-state index contributed by atoms with van der Waals surface area (Å²) in [6.07, 6.45) is 0.486. The smallest absolute Gasteiger partial charge is 0.325 e. The lowest BCUT2D eigenvalue weighted by atomic mass is 9.92. The van der Waals surface area contributed by atoms with E-state index in [0.717, 1.165) is 10.5 Å². The fraction of sp³-hybridized carbons (Fsp3) is 0.250. The van der Waals surface area contributed by atoms with Crippen LogP contribution in [0.5, 0.6) is 0 Å². The van der Waals surface area contributed by atoms with Gasteiger partial charge in [-0.3, -0.25) is 14.5 Å². The van der Waals surface area contributed by atoms with Crippen molar-refractivity contribution in [3.05, 3.63) is 71.3 Å². The van der Waals surface area contributed by atoms with Crippen molar-refractivity contribution in [3.63, 3.8) is 0 Å². The van der Waals surface area contributed by atoms with Crippen LogP contribution in [0.4, 0.5) is 13.6 Å². The SMILES string of the molecule is CC1(c2ccc(F)cc2)NC(=O)N(CC(=O)NCCc2ccc(F)cc2)C1=O. The molecule has 1 atom stereocenters. The lowest BCUT2D eigenvalue weighted by Gasteiger charge is -2.22. The van der Waals surface area contributed by atoms with Crippen molar-refractivity contribution in [1.29, 1.82) is 0 Å². The lowest BCUT2D eigenvalue weighted by molar-refractivity contribution is -0.134. The van der Waals surface area contributed by atoms with Crippen molar-refractivity contribution in [2.75, 3.05) is 13.1 Å². The maximum Gasteiger partial charge on any atom is 0.325 e. The Bertz CT molecular complexity index is 900. The molecule has 28 heavy (non-hydrogen) atoms. The van der Waals surface area contributed by atoms with Crippen LogP contribution in [-0.2, 0) is 21.5 Å². The second-order valence-corrected chi connectivity index (χ2v) is 6.68. The second-order valence-electron chi connectivity index (χ2n) is 6.68. The highest BCUT2D eigenvalue weighted by atomic mass is 19.1. The highest BCUT2D eigenvalue weighted by Gasteiger charge is 2.49. The van der Waals surface area contributed by atoms with Crippen molar-refractivity contribution < 1.29 is 23.2 Å². The summed E-state index contributed by atoms with van der Waals surface area (Å²) in [5.74, 6) is -1.87. The first kappa shape index (κ1) is 19.5. The molecule has 1 heterocycles. The number of hydrogen-bond donors (Lipinski definition) is 2. The predicted molar refractivity (Wildman–Crippen MR) is 97.1 cm³/mol. The minimum absolute atomic E-state index is 0.281. The summed E-state index contributed by atoms with van der Waals surface area (Å²) in [6.45, 7) is 1.36. The molecule has 1 aliphatic rings. The zero-order valence-corrected chi connectivity index (χ0v) is 15.2. The number of imide groups is 1. The molecule has 0 bridgehead atoms. The van der Waals surface area contributed by atoms with Crippen LogP contribution in [0.15, 0.2) is 48.5 Å². The second kappa shape index (κ2) is 7.75. The summed E-state index contributed by atoms with van der Waals surface area (Å²) in [4.78, 5) is 37.9. The van der Waals surface area contributed by atoms with Crippen molar-refractivity contribution in [2.24, 2.45) is 0 Å². The van der Waals surface area contributed by atoms with Gasteiger partial charge in [0.1, 0.15) is 23.7 Å². The molecule has 0 aliphatic carbocycles. The first-order chi connectivity index (χ1) is 13.3. The summed E-state index contributed by atoms with van der Waals surface area (Å²) in [7, 11) is 0. The van der Waals surface area contributed by atoms with E-state index in [-0.39, 0.29) is 12.4 Å². The van der Waals surface area contributed by atoms with Gasteiger partial charge in [0, 0.05) is 6.54 Å². The van der Waals surface area contributed by atoms with Gasteiger partial charge >= 0.3 is 6.03 Å². The number of carbonyl (C=O) groups excluding carboxylic acids is 3. The van der Waals surface area contributed by atoms with Crippen molar-refractivity contribution in [1.82, 2.24) is 15.5 Å². The van der Waals surface area contributed by atoms with Crippen LogP contribution in [0.2, 0.25) is 0 Å². The van der Waals surface area contributed by atoms with Crippen LogP contribution in [0.1, 0.15) is 18.1 Å². The predicted octanol–water partition coefficient (Wildman–Crippen LogP) is 2.09. The number of halogens is 2. The first-order valence-corrected chi connectivity index (χ1v) is 8.71. The van der Waals surface area contributed by atoms with Crippen LogP contribution >= 0.6 is 0 Å². The normalized spacial score (nSPS) is 18.9. The van der Waals surface area contributed by atoms with Gasteiger partial charge in [-0.15, -0.1) is 0 Å². The van der Waals surface area contributed by atoms with E-state index in [9.17, 15) is 23.2 Å². The standard InChI is InChI=1S/C20H19F2N3O3/c1-20(14-4-8-16(22)9-5-14)18(27)25(19(28)24-20)12-17(26)23-11-10-13-2-6-15(21)7-3-13/h2-9H,10-12H2,1H3,(H,23,26)(H,24,28). The molecular weight excluding hydrogens is 368 g/mol. The largest absolute Gasteiger partial charge is 0.354 e. The Morgan fingerprint density at radius 3 is 2.21 bits per heavy atom. The molecule has 0 saturated carbocycles. The van der Waals surface area contributed by atoms with Gasteiger partial charge in [0.05, 0.1) is 0 Å². The molecule has 1 saturated heterocycles. The average molecular weight is 387 g/mol. The van der Waals surface area contributed by atoms with Crippen LogP contribution in [0.3, 0.4) is 0 Å². The Balaban J connectivity index is 1.58.